The third-order valence-corrected chi connectivity index (χ3v) is 5.36. The van der Waals surface area contributed by atoms with E-state index >= 15 is 0 Å². The molecule has 26 heavy (non-hydrogen) atoms. The van der Waals surface area contributed by atoms with Crippen LogP contribution >= 0.6 is 0 Å². The van der Waals surface area contributed by atoms with E-state index in [1.165, 1.54) is 39.1 Å². The van der Waals surface area contributed by atoms with Crippen LogP contribution in [0.1, 0.15) is 54.9 Å². The van der Waals surface area contributed by atoms with Gasteiger partial charge in [-0.3, -0.25) is 0 Å². The van der Waals surface area contributed by atoms with E-state index in [0.29, 0.717) is 0 Å². The van der Waals surface area contributed by atoms with Crippen molar-refractivity contribution >= 4 is 0 Å². The van der Waals surface area contributed by atoms with Crippen molar-refractivity contribution in [2.75, 3.05) is 68.0 Å². The maximum Gasteiger partial charge on any atom is 0.0229 e. The third-order valence-electron chi connectivity index (χ3n) is 5.36. The van der Waals surface area contributed by atoms with Gasteiger partial charge in [0.1, 0.15) is 0 Å². The molecule has 0 aromatic heterocycles. The molecule has 4 nitrogen and oxygen atoms in total. The number of likely N-dealkylation sites (tertiary alicyclic amines) is 2. The van der Waals surface area contributed by atoms with E-state index in [-0.39, 0.29) is 0 Å². The van der Waals surface area contributed by atoms with Gasteiger partial charge in [-0.1, -0.05) is 48.5 Å². The average Bonchev–Trinajstić information content (AvgIpc) is 2.99. The van der Waals surface area contributed by atoms with Crippen LogP contribution in [0.5, 0.6) is 0 Å². The molecule has 2 saturated heterocycles. The molecule has 0 N–H and O–H groups in total. The van der Waals surface area contributed by atoms with Crippen LogP contribution in [0, 0.1) is 11.8 Å². The molecule has 2 aliphatic heterocycles. The van der Waals surface area contributed by atoms with E-state index in [1.54, 1.807) is 0 Å². The van der Waals surface area contributed by atoms with Gasteiger partial charge in [0.2, 0.25) is 0 Å². The van der Waals surface area contributed by atoms with Gasteiger partial charge in [0, 0.05) is 31.7 Å². The Kier molecular flexibility index (Phi) is 17.1. The first kappa shape index (κ1) is 28.1. The monoisotopic (exact) mass is 372 g/mol. The van der Waals surface area contributed by atoms with Crippen molar-refractivity contribution in [3.05, 3.63) is 0 Å². The van der Waals surface area contributed by atoms with Crippen molar-refractivity contribution in [1.82, 2.24) is 19.6 Å². The number of piperidine rings is 1. The topological polar surface area (TPSA) is 13.0 Å². The molecule has 3 fully saturated rings. The van der Waals surface area contributed by atoms with E-state index < -0.39 is 0 Å². The Bertz CT molecular complexity index is 295. The molecule has 0 spiro atoms. The molecular weight excluding hydrogens is 320 g/mol. The van der Waals surface area contributed by atoms with Gasteiger partial charge in [-0.25, -0.2) is 0 Å². The molecule has 2 heterocycles. The Hall–Kier alpha value is -0.160. The molecule has 160 valence electrons. The Balaban J connectivity index is 0. The van der Waals surface area contributed by atoms with Gasteiger partial charge in [0.15, 0.2) is 0 Å². The minimum Gasteiger partial charge on any atom is -0.306 e. The van der Waals surface area contributed by atoms with Crippen LogP contribution < -0.4 is 0 Å². The summed E-state index contributed by atoms with van der Waals surface area (Å²) in [5.41, 5.74) is 0. The van der Waals surface area contributed by atoms with Gasteiger partial charge in [0.25, 0.3) is 0 Å². The minimum absolute atomic E-state index is 0.801. The molecule has 1 aliphatic carbocycles. The highest BCUT2D eigenvalue weighted by molar-refractivity contribution is 5.09. The summed E-state index contributed by atoms with van der Waals surface area (Å²) in [7, 11) is 10.9. The lowest BCUT2D eigenvalue weighted by atomic mass is 10.2. The standard InChI is InChI=1S/C9H18N2.C7H16N2.3C2H6/c1-4-11-5-7-8(6-11)9(7)10(2)3;1-8(2)7-4-5-9(3)6-7;3*1-2/h7-9H,4-6H2,1-3H3;7H,4-6H2,1-3H3;3*1-2H3. The summed E-state index contributed by atoms with van der Waals surface area (Å²) in [4.78, 5) is 9.64. The number of rotatable bonds is 3. The molecule has 0 aromatic rings. The summed E-state index contributed by atoms with van der Waals surface area (Å²) in [6.45, 7) is 20.7. The van der Waals surface area contributed by atoms with Gasteiger partial charge >= 0.3 is 0 Å². The summed E-state index contributed by atoms with van der Waals surface area (Å²) in [6, 6.07) is 1.72. The van der Waals surface area contributed by atoms with Gasteiger partial charge < -0.3 is 19.6 Å². The number of likely N-dealkylation sites (N-methyl/N-ethyl adjacent to an activating group) is 2. The predicted octanol–water partition coefficient (Wildman–Crippen LogP) is 3.83. The fourth-order valence-electron chi connectivity index (χ4n) is 3.94. The normalized spacial score (nSPS) is 29.3. The number of fused-ring (bicyclic) bond motifs is 1. The van der Waals surface area contributed by atoms with Gasteiger partial charge in [-0.15, -0.1) is 0 Å². The molecule has 3 unspecified atom stereocenters. The molecule has 3 atom stereocenters. The maximum absolute atomic E-state index is 2.56. The summed E-state index contributed by atoms with van der Waals surface area (Å²) in [6.07, 6.45) is 1.34. The van der Waals surface area contributed by atoms with Crippen LogP contribution in [-0.4, -0.2) is 99.6 Å². The smallest absolute Gasteiger partial charge is 0.0229 e. The lowest BCUT2D eigenvalue weighted by molar-refractivity contribution is 0.258. The van der Waals surface area contributed by atoms with E-state index in [0.717, 1.165) is 23.9 Å². The van der Waals surface area contributed by atoms with Crippen LogP contribution in [0.2, 0.25) is 0 Å². The first-order valence-electron chi connectivity index (χ1n) is 11.2. The summed E-state index contributed by atoms with van der Waals surface area (Å²) < 4.78 is 0. The lowest BCUT2D eigenvalue weighted by Gasteiger charge is -2.19. The first-order chi connectivity index (χ1) is 12.4. The summed E-state index contributed by atoms with van der Waals surface area (Å²) in [5.74, 6) is 2.01. The van der Waals surface area contributed by atoms with Crippen LogP contribution in [0.25, 0.3) is 0 Å². The zero-order chi connectivity index (χ0) is 20.9. The Morgan fingerprint density at radius 1 is 0.769 bits per heavy atom. The van der Waals surface area contributed by atoms with E-state index in [1.807, 2.05) is 41.5 Å². The zero-order valence-corrected chi connectivity index (χ0v) is 20.3. The molecule has 0 bridgehead atoms. The maximum atomic E-state index is 2.56. The fraction of sp³-hybridized carbons (Fsp3) is 1.00. The largest absolute Gasteiger partial charge is 0.306 e. The first-order valence-corrected chi connectivity index (χ1v) is 11.2. The highest BCUT2D eigenvalue weighted by Crippen LogP contribution is 2.47. The van der Waals surface area contributed by atoms with E-state index in [2.05, 4.69) is 61.8 Å². The molecule has 1 saturated carbocycles. The minimum atomic E-state index is 0.801. The lowest BCUT2D eigenvalue weighted by Crippen LogP contribution is -2.30. The van der Waals surface area contributed by atoms with Crippen molar-refractivity contribution in [3.8, 4) is 0 Å². The predicted molar refractivity (Wildman–Crippen MR) is 120 cm³/mol. The molecule has 4 heteroatoms. The second kappa shape index (κ2) is 15.9. The van der Waals surface area contributed by atoms with Crippen molar-refractivity contribution in [1.29, 1.82) is 0 Å². The molecule has 3 aliphatic rings. The fourth-order valence-corrected chi connectivity index (χ4v) is 3.94. The van der Waals surface area contributed by atoms with Crippen molar-refractivity contribution in [3.63, 3.8) is 0 Å². The van der Waals surface area contributed by atoms with Crippen molar-refractivity contribution < 1.29 is 0 Å². The molecule has 3 rings (SSSR count). The van der Waals surface area contributed by atoms with Crippen molar-refractivity contribution in [2.24, 2.45) is 11.8 Å². The van der Waals surface area contributed by atoms with Crippen LogP contribution in [-0.2, 0) is 0 Å². The van der Waals surface area contributed by atoms with Crippen LogP contribution in [0.3, 0.4) is 0 Å². The van der Waals surface area contributed by atoms with Crippen LogP contribution in [0.4, 0.5) is 0 Å². The molecule has 0 amide bonds. The Morgan fingerprint density at radius 2 is 1.23 bits per heavy atom. The van der Waals surface area contributed by atoms with E-state index in [4.69, 9.17) is 0 Å². The Morgan fingerprint density at radius 3 is 1.46 bits per heavy atom. The molecule has 0 aromatic carbocycles. The highest BCUT2D eigenvalue weighted by atomic mass is 15.3. The average molecular weight is 373 g/mol. The second-order valence-corrected chi connectivity index (χ2v) is 7.30. The van der Waals surface area contributed by atoms with Crippen LogP contribution in [0.15, 0.2) is 0 Å². The Labute approximate surface area is 166 Å². The van der Waals surface area contributed by atoms with Crippen molar-refractivity contribution in [2.45, 2.75) is 67.0 Å². The SMILES string of the molecule is CC.CC.CC.CCN1CC2C(C1)C2N(C)C.CN1CCC(N(C)C)C1. The molecular formula is C22H52N4. The second-order valence-electron chi connectivity index (χ2n) is 7.30. The highest BCUT2D eigenvalue weighted by Gasteiger charge is 2.56. The summed E-state index contributed by atoms with van der Waals surface area (Å²) >= 11 is 0. The van der Waals surface area contributed by atoms with Gasteiger partial charge in [-0.05, 0) is 66.6 Å². The number of hydrogen-bond donors (Lipinski definition) is 0. The zero-order valence-electron chi connectivity index (χ0n) is 20.3. The quantitative estimate of drug-likeness (QED) is 0.746. The van der Waals surface area contributed by atoms with Gasteiger partial charge in [-0.2, -0.15) is 0 Å². The number of nitrogens with zero attached hydrogens (tertiary/aromatic N) is 4. The van der Waals surface area contributed by atoms with E-state index in [9.17, 15) is 0 Å². The summed E-state index contributed by atoms with van der Waals surface area (Å²) in [5, 5.41) is 0. The third kappa shape index (κ3) is 9.16. The number of hydrogen-bond acceptors (Lipinski definition) is 4. The van der Waals surface area contributed by atoms with Gasteiger partial charge in [0.05, 0.1) is 0 Å². The molecule has 0 radical (unpaired) electrons.